The summed E-state index contributed by atoms with van der Waals surface area (Å²) in [6.45, 7) is 3.31. The SMILES string of the molecule is Cc1ccccc1C1CC(NCc2cc3c(s2)CCC3)C1. The van der Waals surface area contributed by atoms with E-state index in [4.69, 9.17) is 0 Å². The number of aryl methyl sites for hydroxylation is 3. The molecule has 1 aromatic carbocycles. The molecule has 0 aliphatic heterocycles. The van der Waals surface area contributed by atoms with Crippen LogP contribution in [0.15, 0.2) is 30.3 Å². The molecule has 1 saturated carbocycles. The summed E-state index contributed by atoms with van der Waals surface area (Å²) in [7, 11) is 0. The zero-order valence-electron chi connectivity index (χ0n) is 12.7. The lowest BCUT2D eigenvalue weighted by Gasteiger charge is -2.37. The maximum Gasteiger partial charge on any atom is 0.0302 e. The zero-order valence-corrected chi connectivity index (χ0v) is 13.5. The van der Waals surface area contributed by atoms with Crippen molar-refractivity contribution in [3.8, 4) is 0 Å². The van der Waals surface area contributed by atoms with Crippen LogP contribution in [-0.4, -0.2) is 6.04 Å². The highest BCUT2D eigenvalue weighted by Crippen LogP contribution is 2.38. The number of benzene rings is 1. The predicted octanol–water partition coefficient (Wildman–Crippen LogP) is 4.58. The monoisotopic (exact) mass is 297 g/mol. The Morgan fingerprint density at radius 2 is 2.05 bits per heavy atom. The van der Waals surface area contributed by atoms with Gasteiger partial charge in [-0.3, -0.25) is 0 Å². The van der Waals surface area contributed by atoms with E-state index in [1.165, 1.54) is 37.7 Å². The summed E-state index contributed by atoms with van der Waals surface area (Å²) in [5.74, 6) is 0.775. The molecular weight excluding hydrogens is 274 g/mol. The largest absolute Gasteiger partial charge is 0.309 e. The van der Waals surface area contributed by atoms with Gasteiger partial charge in [0, 0.05) is 22.3 Å². The Bertz CT molecular complexity index is 615. The van der Waals surface area contributed by atoms with Crippen molar-refractivity contribution >= 4 is 11.3 Å². The van der Waals surface area contributed by atoms with E-state index in [2.05, 4.69) is 42.6 Å². The van der Waals surface area contributed by atoms with Gasteiger partial charge in [-0.25, -0.2) is 0 Å². The van der Waals surface area contributed by atoms with E-state index in [0.717, 1.165) is 12.5 Å². The van der Waals surface area contributed by atoms with Gasteiger partial charge in [-0.1, -0.05) is 24.3 Å². The molecular formula is C19H23NS. The molecule has 0 bridgehead atoms. The van der Waals surface area contributed by atoms with Gasteiger partial charge in [0.1, 0.15) is 0 Å². The van der Waals surface area contributed by atoms with Crippen LogP contribution in [0, 0.1) is 6.92 Å². The van der Waals surface area contributed by atoms with Gasteiger partial charge in [-0.15, -0.1) is 11.3 Å². The van der Waals surface area contributed by atoms with E-state index < -0.39 is 0 Å². The molecule has 0 atom stereocenters. The lowest BCUT2D eigenvalue weighted by atomic mass is 9.74. The van der Waals surface area contributed by atoms with E-state index in [9.17, 15) is 0 Å². The second kappa shape index (κ2) is 5.58. The fraction of sp³-hybridized carbons (Fsp3) is 0.474. The summed E-state index contributed by atoms with van der Waals surface area (Å²) in [5, 5.41) is 3.75. The molecule has 0 saturated heterocycles. The molecule has 1 nitrogen and oxygen atoms in total. The van der Waals surface area contributed by atoms with E-state index in [-0.39, 0.29) is 0 Å². The third kappa shape index (κ3) is 2.67. The van der Waals surface area contributed by atoms with Gasteiger partial charge in [0.05, 0.1) is 0 Å². The second-order valence-corrected chi connectivity index (χ2v) is 7.84. The second-order valence-electron chi connectivity index (χ2n) is 6.62. The molecule has 0 spiro atoms. The average molecular weight is 297 g/mol. The summed E-state index contributed by atoms with van der Waals surface area (Å²) >= 11 is 2.04. The summed E-state index contributed by atoms with van der Waals surface area (Å²) in [6, 6.07) is 12.0. The average Bonchev–Trinajstić information content (AvgIpc) is 2.99. The van der Waals surface area contributed by atoms with Crippen LogP contribution in [0.2, 0.25) is 0 Å². The first kappa shape index (κ1) is 13.5. The minimum atomic E-state index is 0.714. The molecule has 0 radical (unpaired) electrons. The highest BCUT2D eigenvalue weighted by atomic mass is 32.1. The van der Waals surface area contributed by atoms with Crippen LogP contribution in [0.25, 0.3) is 0 Å². The molecule has 1 fully saturated rings. The Morgan fingerprint density at radius 3 is 2.86 bits per heavy atom. The molecule has 0 amide bonds. The molecule has 2 aromatic rings. The van der Waals surface area contributed by atoms with Crippen LogP contribution in [0.1, 0.15) is 51.6 Å². The van der Waals surface area contributed by atoms with Crippen molar-refractivity contribution in [2.45, 2.75) is 57.5 Å². The third-order valence-electron chi connectivity index (χ3n) is 5.13. The quantitative estimate of drug-likeness (QED) is 0.871. The maximum atomic E-state index is 3.75. The summed E-state index contributed by atoms with van der Waals surface area (Å²) in [6.07, 6.45) is 6.60. The minimum absolute atomic E-state index is 0.714. The molecule has 1 N–H and O–H groups in total. The van der Waals surface area contributed by atoms with Crippen molar-refractivity contribution in [2.75, 3.05) is 0 Å². The Morgan fingerprint density at radius 1 is 1.19 bits per heavy atom. The molecule has 4 rings (SSSR count). The van der Waals surface area contributed by atoms with E-state index in [1.54, 1.807) is 20.9 Å². The van der Waals surface area contributed by atoms with Crippen molar-refractivity contribution in [3.05, 3.63) is 56.8 Å². The Hall–Kier alpha value is -1.12. The molecule has 1 aromatic heterocycles. The first-order valence-corrected chi connectivity index (χ1v) is 9.00. The molecule has 2 aliphatic rings. The number of nitrogens with one attached hydrogen (secondary N) is 1. The molecule has 2 aliphatic carbocycles. The van der Waals surface area contributed by atoms with Gasteiger partial charge >= 0.3 is 0 Å². The minimum Gasteiger partial charge on any atom is -0.309 e. The Labute approximate surface area is 131 Å². The number of rotatable bonds is 4. The number of hydrogen-bond donors (Lipinski definition) is 1. The normalized spacial score (nSPS) is 23.9. The first-order valence-electron chi connectivity index (χ1n) is 8.19. The molecule has 0 unspecified atom stereocenters. The predicted molar refractivity (Wildman–Crippen MR) is 90.1 cm³/mol. The van der Waals surface area contributed by atoms with Crippen molar-refractivity contribution in [2.24, 2.45) is 0 Å². The number of hydrogen-bond acceptors (Lipinski definition) is 2. The summed E-state index contributed by atoms with van der Waals surface area (Å²) in [5.41, 5.74) is 4.64. The first-order chi connectivity index (χ1) is 10.3. The van der Waals surface area contributed by atoms with Crippen LogP contribution < -0.4 is 5.32 Å². The smallest absolute Gasteiger partial charge is 0.0302 e. The standard InChI is InChI=1S/C19H23NS/c1-13-5-2-3-7-18(13)15-9-16(10-15)20-12-17-11-14-6-4-8-19(14)21-17/h2-3,5,7,11,15-16,20H,4,6,8-10,12H2,1H3. The highest BCUT2D eigenvalue weighted by molar-refractivity contribution is 7.12. The lowest BCUT2D eigenvalue weighted by molar-refractivity contribution is 0.289. The number of thiophene rings is 1. The Balaban J connectivity index is 1.29. The van der Waals surface area contributed by atoms with Gasteiger partial charge < -0.3 is 5.32 Å². The van der Waals surface area contributed by atoms with E-state index >= 15 is 0 Å². The van der Waals surface area contributed by atoms with E-state index in [0.29, 0.717) is 6.04 Å². The number of fused-ring (bicyclic) bond motifs is 1. The Kier molecular flexibility index (Phi) is 3.60. The van der Waals surface area contributed by atoms with Crippen LogP contribution in [0.5, 0.6) is 0 Å². The van der Waals surface area contributed by atoms with Crippen molar-refractivity contribution < 1.29 is 0 Å². The molecule has 21 heavy (non-hydrogen) atoms. The van der Waals surface area contributed by atoms with Crippen LogP contribution >= 0.6 is 11.3 Å². The van der Waals surface area contributed by atoms with Crippen LogP contribution in [0.4, 0.5) is 0 Å². The zero-order chi connectivity index (χ0) is 14.2. The highest BCUT2D eigenvalue weighted by Gasteiger charge is 2.30. The van der Waals surface area contributed by atoms with Gasteiger partial charge in [0.15, 0.2) is 0 Å². The fourth-order valence-corrected chi connectivity index (χ4v) is 5.02. The van der Waals surface area contributed by atoms with Crippen molar-refractivity contribution in [1.29, 1.82) is 0 Å². The summed E-state index contributed by atoms with van der Waals surface area (Å²) < 4.78 is 0. The van der Waals surface area contributed by atoms with Gasteiger partial charge in [0.2, 0.25) is 0 Å². The van der Waals surface area contributed by atoms with Gasteiger partial charge in [-0.2, -0.15) is 0 Å². The topological polar surface area (TPSA) is 12.0 Å². The molecule has 110 valence electrons. The third-order valence-corrected chi connectivity index (χ3v) is 6.37. The molecule has 2 heteroatoms. The van der Waals surface area contributed by atoms with Crippen LogP contribution in [0.3, 0.4) is 0 Å². The fourth-order valence-electron chi connectivity index (χ4n) is 3.81. The van der Waals surface area contributed by atoms with Crippen molar-refractivity contribution in [1.82, 2.24) is 5.32 Å². The van der Waals surface area contributed by atoms with Gasteiger partial charge in [0.25, 0.3) is 0 Å². The maximum absolute atomic E-state index is 3.75. The lowest BCUT2D eigenvalue weighted by Crippen LogP contribution is -2.39. The van der Waals surface area contributed by atoms with Crippen LogP contribution in [-0.2, 0) is 19.4 Å². The van der Waals surface area contributed by atoms with E-state index in [1.807, 2.05) is 11.3 Å². The van der Waals surface area contributed by atoms with Crippen molar-refractivity contribution in [3.63, 3.8) is 0 Å². The molecule has 1 heterocycles. The van der Waals surface area contributed by atoms with Gasteiger partial charge in [-0.05, 0) is 67.7 Å². The summed E-state index contributed by atoms with van der Waals surface area (Å²) in [4.78, 5) is 3.19.